The molecule has 0 amide bonds. The topological polar surface area (TPSA) is 78.8 Å². The number of hydrogen-bond acceptors (Lipinski definition) is 5. The summed E-state index contributed by atoms with van der Waals surface area (Å²) in [4.78, 5) is 17.9. The Labute approximate surface area is 250 Å². The van der Waals surface area contributed by atoms with Crippen molar-refractivity contribution in [3.8, 4) is 0 Å². The summed E-state index contributed by atoms with van der Waals surface area (Å²) in [7, 11) is -4.11. The SMILES string of the molecule is C[C@@]1(C(=O)CCC2CCCCC2)CN=C(C23CC(N(Cc4ccc(C(F)(F)F)cc4)S(=O)(=O)c4ccc(F)cc4)(C2)C3)N1. The molecule has 2 aromatic rings. The smallest absolute Gasteiger partial charge is 0.360 e. The van der Waals surface area contributed by atoms with Crippen LogP contribution in [0.2, 0.25) is 0 Å². The second-order valence-corrected chi connectivity index (χ2v) is 15.1. The Kier molecular flexibility index (Phi) is 7.51. The van der Waals surface area contributed by atoms with E-state index in [0.29, 0.717) is 43.7 Å². The number of rotatable bonds is 10. The Morgan fingerprint density at radius 2 is 1.63 bits per heavy atom. The molecule has 4 fully saturated rings. The van der Waals surface area contributed by atoms with Gasteiger partial charge in [0.2, 0.25) is 10.0 Å². The molecule has 1 aliphatic heterocycles. The number of aliphatic imine (C=N–C) groups is 1. The molecule has 4 saturated carbocycles. The molecule has 1 heterocycles. The fourth-order valence-corrected chi connectivity index (χ4v) is 9.34. The summed E-state index contributed by atoms with van der Waals surface area (Å²) in [5, 5.41) is 3.42. The van der Waals surface area contributed by atoms with Gasteiger partial charge in [-0.25, -0.2) is 12.8 Å². The third-order valence-electron chi connectivity index (χ3n) is 10.1. The number of ketones is 1. The number of sulfonamides is 1. The van der Waals surface area contributed by atoms with Gasteiger partial charge in [-0.15, -0.1) is 0 Å². The van der Waals surface area contributed by atoms with Crippen molar-refractivity contribution in [1.29, 1.82) is 0 Å². The van der Waals surface area contributed by atoms with E-state index in [1.54, 1.807) is 0 Å². The van der Waals surface area contributed by atoms with Crippen LogP contribution in [-0.2, 0) is 27.5 Å². The normalized spacial score (nSPS) is 29.0. The molecule has 0 saturated heterocycles. The molecule has 0 spiro atoms. The maximum absolute atomic E-state index is 13.9. The molecule has 2 bridgehead atoms. The number of benzene rings is 2. The van der Waals surface area contributed by atoms with E-state index in [4.69, 9.17) is 4.99 Å². The fourth-order valence-electron chi connectivity index (χ4n) is 7.58. The Balaban J connectivity index is 1.17. The zero-order valence-corrected chi connectivity index (χ0v) is 25.0. The van der Waals surface area contributed by atoms with Crippen LogP contribution in [0.3, 0.4) is 0 Å². The van der Waals surface area contributed by atoms with Crippen molar-refractivity contribution in [1.82, 2.24) is 9.62 Å². The monoisotopic (exact) mass is 619 g/mol. The second kappa shape index (κ2) is 10.7. The number of nitrogens with zero attached hydrogens (tertiary/aromatic N) is 2. The molecule has 0 radical (unpaired) electrons. The minimum absolute atomic E-state index is 0.0768. The maximum atomic E-state index is 13.9. The van der Waals surface area contributed by atoms with E-state index < -0.39 is 38.7 Å². The van der Waals surface area contributed by atoms with E-state index in [-0.39, 0.29) is 22.6 Å². The summed E-state index contributed by atoms with van der Waals surface area (Å²) in [6, 6.07) is 9.06. The van der Waals surface area contributed by atoms with E-state index in [1.165, 1.54) is 60.7 Å². The van der Waals surface area contributed by atoms with Gasteiger partial charge < -0.3 is 5.32 Å². The highest BCUT2D eigenvalue weighted by atomic mass is 32.2. The number of Topliss-reactive ketones (excluding diaryl/α,β-unsaturated/α-hetero) is 1. The highest BCUT2D eigenvalue weighted by Gasteiger charge is 2.75. The van der Waals surface area contributed by atoms with Crippen LogP contribution >= 0.6 is 0 Å². The molecule has 4 aliphatic carbocycles. The average Bonchev–Trinajstić information content (AvgIpc) is 3.33. The van der Waals surface area contributed by atoms with Gasteiger partial charge in [0.1, 0.15) is 17.2 Å². The number of alkyl halides is 3. The van der Waals surface area contributed by atoms with Gasteiger partial charge >= 0.3 is 6.18 Å². The summed E-state index contributed by atoms with van der Waals surface area (Å²) in [6.07, 6.45) is 4.50. The highest BCUT2D eigenvalue weighted by molar-refractivity contribution is 7.89. The van der Waals surface area contributed by atoms with Crippen molar-refractivity contribution >= 4 is 21.6 Å². The van der Waals surface area contributed by atoms with Gasteiger partial charge in [-0.3, -0.25) is 9.79 Å². The molecule has 1 atom stereocenters. The van der Waals surface area contributed by atoms with E-state index in [1.807, 2.05) is 6.92 Å². The van der Waals surface area contributed by atoms with Crippen LogP contribution in [0.15, 0.2) is 58.4 Å². The number of halogens is 4. The standard InChI is InChI=1S/C32H37F4N3O3S/c1-29(27(40)16-9-22-5-3-2-4-6-22)21-37-28(38-29)30-18-31(19-30,20-30)39(43(41,42)26-14-12-25(33)13-15-26)17-23-7-10-24(11-8-23)32(34,35)36/h7-8,10-15,22H,2-6,9,16-21H2,1H3,(H,37,38)/t29-,30?,31?/m0/s1. The minimum atomic E-state index is -4.50. The fraction of sp³-hybridized carbons (Fsp3) is 0.562. The molecule has 5 aliphatic rings. The molecule has 1 N–H and O–H groups in total. The van der Waals surface area contributed by atoms with Crippen LogP contribution in [0.1, 0.15) is 82.3 Å². The molecule has 0 aromatic heterocycles. The first-order chi connectivity index (χ1) is 20.2. The number of carbonyl (C=O) groups excluding carboxylic acids is 1. The van der Waals surface area contributed by atoms with E-state index >= 15 is 0 Å². The molecular weight excluding hydrogens is 582 g/mol. The first-order valence-corrected chi connectivity index (χ1v) is 16.5. The van der Waals surface area contributed by atoms with Gasteiger partial charge in [-0.2, -0.15) is 17.5 Å². The number of hydrogen-bond donors (Lipinski definition) is 1. The first-order valence-electron chi connectivity index (χ1n) is 15.1. The van der Waals surface area contributed by atoms with Gasteiger partial charge in [0, 0.05) is 23.9 Å². The average molecular weight is 620 g/mol. The van der Waals surface area contributed by atoms with E-state index in [2.05, 4.69) is 5.32 Å². The molecule has 43 heavy (non-hydrogen) atoms. The molecular formula is C32H37F4N3O3S. The Bertz CT molecular complexity index is 1500. The molecule has 0 unspecified atom stereocenters. The van der Waals surface area contributed by atoms with E-state index in [0.717, 1.165) is 36.5 Å². The minimum Gasteiger partial charge on any atom is -0.360 e. The summed E-state index contributed by atoms with van der Waals surface area (Å²) in [5.74, 6) is 0.941. The first kappa shape index (κ1) is 30.2. The van der Waals surface area contributed by atoms with Crippen molar-refractivity contribution in [2.75, 3.05) is 6.54 Å². The summed E-state index contributed by atoms with van der Waals surface area (Å²) in [5.41, 5.74) is -2.27. The van der Waals surface area contributed by atoms with Crippen molar-refractivity contribution in [3.05, 3.63) is 65.5 Å². The van der Waals surface area contributed by atoms with Crippen molar-refractivity contribution in [2.24, 2.45) is 16.3 Å². The van der Waals surface area contributed by atoms with Gasteiger partial charge in [0.05, 0.1) is 17.0 Å². The lowest BCUT2D eigenvalue weighted by Crippen LogP contribution is -2.78. The Morgan fingerprint density at radius 1 is 1.00 bits per heavy atom. The largest absolute Gasteiger partial charge is 0.416 e. The summed E-state index contributed by atoms with van der Waals surface area (Å²) < 4.78 is 82.2. The predicted molar refractivity (Wildman–Crippen MR) is 154 cm³/mol. The summed E-state index contributed by atoms with van der Waals surface area (Å²) in [6.45, 7) is 2.12. The lowest BCUT2D eigenvalue weighted by atomic mass is 9.38. The molecule has 7 rings (SSSR count). The lowest BCUT2D eigenvalue weighted by molar-refractivity contribution is -0.151. The number of amidine groups is 1. The maximum Gasteiger partial charge on any atom is 0.416 e. The lowest BCUT2D eigenvalue weighted by Gasteiger charge is -2.73. The third kappa shape index (κ3) is 5.52. The van der Waals surface area contributed by atoms with Crippen LogP contribution in [0.25, 0.3) is 0 Å². The van der Waals surface area contributed by atoms with Crippen LogP contribution in [0.5, 0.6) is 0 Å². The van der Waals surface area contributed by atoms with Gasteiger partial charge in [-0.1, -0.05) is 44.2 Å². The van der Waals surface area contributed by atoms with Crippen molar-refractivity contribution in [2.45, 2.75) is 99.8 Å². The second-order valence-electron chi connectivity index (χ2n) is 13.3. The van der Waals surface area contributed by atoms with Crippen LogP contribution in [-0.4, -0.2) is 42.0 Å². The van der Waals surface area contributed by atoms with Gasteiger partial charge in [0.15, 0.2) is 5.78 Å². The third-order valence-corrected chi connectivity index (χ3v) is 12.1. The Hall–Kier alpha value is -2.79. The zero-order valence-electron chi connectivity index (χ0n) is 24.2. The molecule has 11 heteroatoms. The number of nitrogens with one attached hydrogen (secondary N) is 1. The van der Waals surface area contributed by atoms with Crippen molar-refractivity contribution in [3.63, 3.8) is 0 Å². The quantitative estimate of drug-likeness (QED) is 0.302. The van der Waals surface area contributed by atoms with Crippen LogP contribution < -0.4 is 5.32 Å². The Morgan fingerprint density at radius 3 is 2.23 bits per heavy atom. The van der Waals surface area contributed by atoms with Crippen molar-refractivity contribution < 1.29 is 30.8 Å². The number of carbonyl (C=O) groups is 1. The molecule has 2 aromatic carbocycles. The predicted octanol–water partition coefficient (Wildman–Crippen LogP) is 6.65. The molecule has 232 valence electrons. The molecule has 6 nitrogen and oxygen atoms in total. The van der Waals surface area contributed by atoms with Gasteiger partial charge in [-0.05, 0) is 80.5 Å². The summed E-state index contributed by atoms with van der Waals surface area (Å²) >= 11 is 0. The van der Waals surface area contributed by atoms with Crippen LogP contribution in [0, 0.1) is 17.2 Å². The van der Waals surface area contributed by atoms with Gasteiger partial charge in [0.25, 0.3) is 0 Å². The zero-order chi connectivity index (χ0) is 30.7. The highest BCUT2D eigenvalue weighted by Crippen LogP contribution is 2.71. The van der Waals surface area contributed by atoms with E-state index in [9.17, 15) is 30.8 Å². The van der Waals surface area contributed by atoms with Crippen LogP contribution in [0.4, 0.5) is 17.6 Å².